The lowest BCUT2D eigenvalue weighted by Gasteiger charge is -2.52. The summed E-state index contributed by atoms with van der Waals surface area (Å²) in [6.07, 6.45) is 0.729. The first-order valence-corrected chi connectivity index (χ1v) is 13.3. The first-order chi connectivity index (χ1) is 19.0. The van der Waals surface area contributed by atoms with Crippen molar-refractivity contribution in [3.8, 4) is 0 Å². The lowest BCUT2D eigenvalue weighted by atomic mass is 9.79. The van der Waals surface area contributed by atoms with E-state index in [1.54, 1.807) is 5.38 Å². The maximum atomic E-state index is 15.6. The Bertz CT molecular complexity index is 1380. The number of morpholine rings is 1. The maximum Gasteiger partial charge on any atom is 0.338 e. The molecule has 0 amide bonds. The van der Waals surface area contributed by atoms with E-state index in [1.165, 1.54) is 35.4 Å². The first kappa shape index (κ1) is 28.2. The van der Waals surface area contributed by atoms with Gasteiger partial charge in [0.1, 0.15) is 6.04 Å². The molecule has 214 valence electrons. The average molecular weight is 583 g/mol. The summed E-state index contributed by atoms with van der Waals surface area (Å²) >= 11 is 1.24. The van der Waals surface area contributed by atoms with Crippen molar-refractivity contribution in [2.75, 3.05) is 26.9 Å². The number of piperidine rings is 1. The quantitative estimate of drug-likeness (QED) is 0.377. The Morgan fingerprint density at radius 3 is 2.75 bits per heavy atom. The number of aromatic nitrogens is 1. The Labute approximate surface area is 230 Å². The number of rotatable bonds is 7. The van der Waals surface area contributed by atoms with Gasteiger partial charge in [0.15, 0.2) is 22.5 Å². The molecule has 0 aliphatic carbocycles. The van der Waals surface area contributed by atoms with Crippen molar-refractivity contribution in [1.29, 1.82) is 0 Å². The van der Waals surface area contributed by atoms with Gasteiger partial charge in [-0.3, -0.25) is 14.7 Å². The molecule has 4 heterocycles. The van der Waals surface area contributed by atoms with Crippen LogP contribution < -0.4 is 5.32 Å². The van der Waals surface area contributed by atoms with E-state index in [2.05, 4.69) is 15.3 Å². The fourth-order valence-corrected chi connectivity index (χ4v) is 6.20. The van der Waals surface area contributed by atoms with Gasteiger partial charge in [0, 0.05) is 35.8 Å². The Morgan fingerprint density at radius 1 is 1.30 bits per heavy atom. The number of nitrogens with one attached hydrogen (secondary N) is 1. The van der Waals surface area contributed by atoms with E-state index in [-0.39, 0.29) is 54.4 Å². The lowest BCUT2D eigenvalue weighted by Crippen LogP contribution is -2.67. The van der Waals surface area contributed by atoms with Crippen molar-refractivity contribution >= 4 is 29.1 Å². The van der Waals surface area contributed by atoms with Gasteiger partial charge < -0.3 is 19.9 Å². The van der Waals surface area contributed by atoms with Crippen molar-refractivity contribution in [3.63, 3.8) is 0 Å². The van der Waals surface area contributed by atoms with E-state index < -0.39 is 60.0 Å². The number of hydrogen-bond acceptors (Lipinski definition) is 9. The summed E-state index contributed by atoms with van der Waals surface area (Å²) in [5, 5.41) is 14.4. The van der Waals surface area contributed by atoms with Crippen LogP contribution in [0.5, 0.6) is 0 Å². The maximum absolute atomic E-state index is 15.6. The lowest BCUT2D eigenvalue weighted by molar-refractivity contribution is -0.219. The van der Waals surface area contributed by atoms with Crippen LogP contribution >= 0.6 is 11.3 Å². The number of benzene rings is 1. The standard InChI is InChI=1S/C26H26F4N4O5S/c1-12-15(3-4-16(27)21(12)28)22-20(25(37)38-2)17(32-23(33-22)24-31-5-6-40-24)9-34-14-7-13(8-19(35)36)26(29,30)18(34)11-39-10-14/h3-6,13-14,18,22H,7-11H2,1-2H3,(H,32,33)(H,35,36)/t13-,14-,18+,22-/m0/s1. The highest BCUT2D eigenvalue weighted by molar-refractivity contribution is 7.11. The number of amidine groups is 1. The summed E-state index contributed by atoms with van der Waals surface area (Å²) in [7, 11) is 1.15. The van der Waals surface area contributed by atoms with E-state index in [0.717, 1.165) is 13.2 Å². The molecule has 2 saturated heterocycles. The molecule has 0 radical (unpaired) electrons. The minimum atomic E-state index is -3.39. The number of thiazole rings is 1. The summed E-state index contributed by atoms with van der Waals surface area (Å²) in [5.41, 5.74) is 0.264. The number of carbonyl (C=O) groups is 2. The number of ether oxygens (including phenoxy) is 2. The number of fused-ring (bicyclic) bond motifs is 2. The summed E-state index contributed by atoms with van der Waals surface area (Å²) in [6, 6.07) is -0.910. The van der Waals surface area contributed by atoms with Crippen LogP contribution in [0.25, 0.3) is 0 Å². The Hall–Kier alpha value is -3.36. The van der Waals surface area contributed by atoms with Gasteiger partial charge in [-0.25, -0.2) is 27.3 Å². The highest BCUT2D eigenvalue weighted by atomic mass is 32.1. The molecule has 2 bridgehead atoms. The molecule has 5 rings (SSSR count). The summed E-state index contributed by atoms with van der Waals surface area (Å²) in [4.78, 5) is 34.9. The van der Waals surface area contributed by atoms with E-state index in [9.17, 15) is 23.5 Å². The molecule has 1 aromatic heterocycles. The molecule has 4 atom stereocenters. The Kier molecular flexibility index (Phi) is 7.68. The number of aliphatic carboxylic acids is 1. The fourth-order valence-electron chi connectivity index (χ4n) is 5.61. The van der Waals surface area contributed by atoms with E-state index in [1.807, 2.05) is 0 Å². The van der Waals surface area contributed by atoms with Gasteiger partial charge in [-0.1, -0.05) is 6.07 Å². The largest absolute Gasteiger partial charge is 0.481 e. The predicted molar refractivity (Wildman–Crippen MR) is 135 cm³/mol. The van der Waals surface area contributed by atoms with Gasteiger partial charge in [-0.2, -0.15) is 0 Å². The van der Waals surface area contributed by atoms with Crippen LogP contribution in [0.2, 0.25) is 0 Å². The van der Waals surface area contributed by atoms with Crippen LogP contribution in [0.15, 0.2) is 40.0 Å². The number of hydrogen-bond donors (Lipinski definition) is 2. The topological polar surface area (TPSA) is 113 Å². The van der Waals surface area contributed by atoms with Gasteiger partial charge in [-0.15, -0.1) is 11.3 Å². The van der Waals surface area contributed by atoms with Gasteiger partial charge >= 0.3 is 11.9 Å². The molecule has 9 nitrogen and oxygen atoms in total. The zero-order chi connectivity index (χ0) is 28.8. The zero-order valence-corrected chi connectivity index (χ0v) is 22.3. The fraction of sp³-hybridized carbons (Fsp3) is 0.462. The second-order valence-electron chi connectivity index (χ2n) is 9.89. The predicted octanol–water partition coefficient (Wildman–Crippen LogP) is 3.45. The van der Waals surface area contributed by atoms with Crippen molar-refractivity contribution in [3.05, 3.63) is 62.7 Å². The number of carbonyl (C=O) groups excluding carboxylic acids is 1. The minimum absolute atomic E-state index is 0.0492. The Morgan fingerprint density at radius 2 is 2.08 bits per heavy atom. The van der Waals surface area contributed by atoms with Crippen LogP contribution in [0.4, 0.5) is 17.6 Å². The van der Waals surface area contributed by atoms with Crippen LogP contribution in [-0.2, 0) is 19.1 Å². The number of halogens is 4. The third-order valence-electron chi connectivity index (χ3n) is 7.60. The normalized spacial score (nSPS) is 26.2. The first-order valence-electron chi connectivity index (χ1n) is 12.5. The SMILES string of the molecule is COC(=O)C1=C(CN2[C@@H]3COC[C@@H]2C(F)(F)[C@H](CC(=O)O)C3)NC(c2nccs2)=N[C@H]1c1ccc(F)c(F)c1C. The zero-order valence-electron chi connectivity index (χ0n) is 21.5. The monoisotopic (exact) mass is 582 g/mol. The van der Waals surface area contributed by atoms with Gasteiger partial charge in [0.2, 0.25) is 0 Å². The molecule has 2 aromatic rings. The number of nitrogens with zero attached hydrogens (tertiary/aromatic N) is 3. The van der Waals surface area contributed by atoms with Crippen LogP contribution in [0.3, 0.4) is 0 Å². The minimum Gasteiger partial charge on any atom is -0.481 e. The average Bonchev–Trinajstić information content (AvgIpc) is 3.45. The van der Waals surface area contributed by atoms with Crippen molar-refractivity contribution in [1.82, 2.24) is 15.2 Å². The summed E-state index contributed by atoms with van der Waals surface area (Å²) in [6.45, 7) is 0.933. The molecule has 2 N–H and O–H groups in total. The number of aliphatic imine (C=N–C) groups is 1. The third-order valence-corrected chi connectivity index (χ3v) is 8.38. The molecule has 0 spiro atoms. The van der Waals surface area contributed by atoms with E-state index in [0.29, 0.717) is 5.01 Å². The second-order valence-corrected chi connectivity index (χ2v) is 10.8. The molecular weight excluding hydrogens is 556 g/mol. The van der Waals surface area contributed by atoms with Gasteiger partial charge in [0.25, 0.3) is 5.92 Å². The van der Waals surface area contributed by atoms with Gasteiger partial charge in [0.05, 0.1) is 38.4 Å². The molecule has 0 saturated carbocycles. The van der Waals surface area contributed by atoms with E-state index in [4.69, 9.17) is 9.47 Å². The van der Waals surface area contributed by atoms with Gasteiger partial charge in [-0.05, 0) is 30.5 Å². The number of alkyl halides is 2. The molecule has 0 unspecified atom stereocenters. The van der Waals surface area contributed by atoms with Crippen molar-refractivity contribution < 1.29 is 41.7 Å². The molecular formula is C26H26F4N4O5S. The van der Waals surface area contributed by atoms with E-state index >= 15 is 8.78 Å². The summed E-state index contributed by atoms with van der Waals surface area (Å²) in [5.74, 6) is -8.84. The number of esters is 1. The van der Waals surface area contributed by atoms with Crippen molar-refractivity contribution in [2.24, 2.45) is 10.9 Å². The third kappa shape index (κ3) is 4.99. The molecule has 1 aromatic carbocycles. The molecule has 3 aliphatic rings. The van der Waals surface area contributed by atoms with Crippen LogP contribution in [0.1, 0.15) is 35.0 Å². The van der Waals surface area contributed by atoms with Crippen molar-refractivity contribution in [2.45, 2.75) is 43.8 Å². The summed E-state index contributed by atoms with van der Waals surface area (Å²) < 4.78 is 70.3. The Balaban J connectivity index is 1.61. The number of methoxy groups -OCH3 is 1. The molecule has 14 heteroatoms. The molecule has 3 aliphatic heterocycles. The highest BCUT2D eigenvalue weighted by Gasteiger charge is 2.58. The molecule has 2 fully saturated rings. The number of carboxylic acids is 1. The smallest absolute Gasteiger partial charge is 0.338 e. The number of carboxylic acid groups (broad SMARTS) is 1. The molecule has 40 heavy (non-hydrogen) atoms. The highest BCUT2D eigenvalue weighted by Crippen LogP contribution is 2.45. The van der Waals surface area contributed by atoms with Crippen LogP contribution in [-0.4, -0.2) is 77.6 Å². The van der Waals surface area contributed by atoms with Crippen LogP contribution in [0, 0.1) is 24.5 Å². The second kappa shape index (κ2) is 10.9.